The van der Waals surface area contributed by atoms with Crippen molar-refractivity contribution in [3.05, 3.63) is 30.0 Å². The minimum atomic E-state index is 0.230. The number of benzene rings is 1. The van der Waals surface area contributed by atoms with Crippen LogP contribution in [0, 0.1) is 0 Å². The summed E-state index contributed by atoms with van der Waals surface area (Å²) in [4.78, 5) is 0. The summed E-state index contributed by atoms with van der Waals surface area (Å²) in [6, 6.07) is 6.25. The fourth-order valence-corrected chi connectivity index (χ4v) is 2.47. The van der Waals surface area contributed by atoms with E-state index in [2.05, 4.69) is 29.8 Å². The topological polar surface area (TPSA) is 34.4 Å². The summed E-state index contributed by atoms with van der Waals surface area (Å²) in [7, 11) is 1.69. The summed E-state index contributed by atoms with van der Waals surface area (Å²) in [6.07, 6.45) is 6.56. The van der Waals surface area contributed by atoms with Crippen LogP contribution in [0.15, 0.2) is 24.4 Å². The van der Waals surface area contributed by atoms with Gasteiger partial charge in [0.2, 0.25) is 0 Å². The summed E-state index contributed by atoms with van der Waals surface area (Å²) in [5, 5.41) is 10.3. The highest BCUT2D eigenvalue weighted by Crippen LogP contribution is 2.27. The van der Waals surface area contributed by atoms with Crippen LogP contribution in [0.4, 0.5) is 0 Å². The summed E-state index contributed by atoms with van der Waals surface area (Å²) < 4.78 is 7.54. The van der Waals surface area contributed by atoms with Gasteiger partial charge in [-0.05, 0) is 37.0 Å². The van der Waals surface area contributed by atoms with Gasteiger partial charge in [0.1, 0.15) is 5.75 Å². The first-order valence-corrected chi connectivity index (χ1v) is 7.06. The number of ether oxygens (including phenoxy) is 1. The minimum absolute atomic E-state index is 0.230. The molecule has 3 nitrogen and oxygen atoms in total. The van der Waals surface area contributed by atoms with Gasteiger partial charge in [-0.3, -0.25) is 0 Å². The molecule has 0 bridgehead atoms. The van der Waals surface area contributed by atoms with E-state index in [0.29, 0.717) is 0 Å². The van der Waals surface area contributed by atoms with E-state index in [4.69, 9.17) is 9.84 Å². The van der Waals surface area contributed by atoms with Gasteiger partial charge in [-0.25, -0.2) is 0 Å². The van der Waals surface area contributed by atoms with Gasteiger partial charge in [0.05, 0.1) is 12.6 Å². The number of aliphatic hydroxyl groups excluding tert-OH is 1. The maximum Gasteiger partial charge on any atom is 0.120 e. The van der Waals surface area contributed by atoms with E-state index in [9.17, 15) is 0 Å². The number of aryl methyl sites for hydroxylation is 2. The molecule has 0 aliphatic heterocycles. The smallest absolute Gasteiger partial charge is 0.120 e. The van der Waals surface area contributed by atoms with Gasteiger partial charge in [-0.1, -0.05) is 13.3 Å². The number of methoxy groups -OCH3 is 1. The van der Waals surface area contributed by atoms with Crippen molar-refractivity contribution in [1.82, 2.24) is 4.57 Å². The minimum Gasteiger partial charge on any atom is -0.497 e. The van der Waals surface area contributed by atoms with Crippen LogP contribution in [0.2, 0.25) is 0 Å². The standard InChI is InChI=1S/C16H23NO2/c1-3-4-6-13-12-17(9-5-10-18)16-11-14(19-2)7-8-15(13)16/h7-8,11-12,18H,3-6,9-10H2,1-2H3. The summed E-state index contributed by atoms with van der Waals surface area (Å²) in [5.74, 6) is 0.887. The Morgan fingerprint density at radius 1 is 1.26 bits per heavy atom. The van der Waals surface area contributed by atoms with Crippen molar-refractivity contribution in [1.29, 1.82) is 0 Å². The molecule has 3 heteroatoms. The van der Waals surface area contributed by atoms with E-state index in [1.807, 2.05) is 6.07 Å². The fraction of sp³-hybridized carbons (Fsp3) is 0.500. The molecular formula is C16H23NO2. The Labute approximate surface area is 114 Å². The zero-order valence-corrected chi connectivity index (χ0v) is 11.9. The van der Waals surface area contributed by atoms with E-state index in [1.54, 1.807) is 7.11 Å². The Morgan fingerprint density at radius 2 is 2.11 bits per heavy atom. The molecule has 1 aromatic carbocycles. The van der Waals surface area contributed by atoms with Crippen molar-refractivity contribution in [3.8, 4) is 5.75 Å². The first-order valence-electron chi connectivity index (χ1n) is 7.06. The van der Waals surface area contributed by atoms with Gasteiger partial charge in [-0.15, -0.1) is 0 Å². The zero-order chi connectivity index (χ0) is 13.7. The molecule has 0 radical (unpaired) electrons. The predicted molar refractivity (Wildman–Crippen MR) is 78.8 cm³/mol. The second kappa shape index (κ2) is 6.62. The average Bonchev–Trinajstić information content (AvgIpc) is 2.80. The molecule has 0 unspecified atom stereocenters. The number of aliphatic hydroxyl groups is 1. The Balaban J connectivity index is 2.40. The highest BCUT2D eigenvalue weighted by Gasteiger charge is 2.09. The Morgan fingerprint density at radius 3 is 2.79 bits per heavy atom. The van der Waals surface area contributed by atoms with Crippen LogP contribution >= 0.6 is 0 Å². The van der Waals surface area contributed by atoms with Gasteiger partial charge in [0.25, 0.3) is 0 Å². The van der Waals surface area contributed by atoms with Crippen LogP contribution in [0.25, 0.3) is 10.9 Å². The van der Waals surface area contributed by atoms with Crippen LogP contribution in [0.1, 0.15) is 31.7 Å². The largest absolute Gasteiger partial charge is 0.497 e. The second-order valence-electron chi connectivity index (χ2n) is 4.91. The molecule has 0 aliphatic carbocycles. The highest BCUT2D eigenvalue weighted by atomic mass is 16.5. The molecule has 1 N–H and O–H groups in total. The lowest BCUT2D eigenvalue weighted by Crippen LogP contribution is -1.98. The number of hydrogen-bond acceptors (Lipinski definition) is 2. The van der Waals surface area contributed by atoms with Gasteiger partial charge in [-0.2, -0.15) is 0 Å². The number of fused-ring (bicyclic) bond motifs is 1. The average molecular weight is 261 g/mol. The van der Waals surface area contributed by atoms with E-state index >= 15 is 0 Å². The van der Waals surface area contributed by atoms with Crippen LogP contribution in [0.3, 0.4) is 0 Å². The Bertz CT molecular complexity index is 531. The van der Waals surface area contributed by atoms with Gasteiger partial charge in [0, 0.05) is 30.8 Å². The van der Waals surface area contributed by atoms with Crippen molar-refractivity contribution >= 4 is 10.9 Å². The molecule has 0 saturated carbocycles. The maximum absolute atomic E-state index is 9.01. The fourth-order valence-electron chi connectivity index (χ4n) is 2.47. The molecule has 19 heavy (non-hydrogen) atoms. The maximum atomic E-state index is 9.01. The number of hydrogen-bond donors (Lipinski definition) is 1. The van der Waals surface area contributed by atoms with Crippen molar-refractivity contribution in [3.63, 3.8) is 0 Å². The van der Waals surface area contributed by atoms with Gasteiger partial charge >= 0.3 is 0 Å². The molecule has 0 atom stereocenters. The Hall–Kier alpha value is -1.48. The van der Waals surface area contributed by atoms with Crippen molar-refractivity contribution < 1.29 is 9.84 Å². The predicted octanol–water partition coefficient (Wildman–Crippen LogP) is 3.37. The Kier molecular flexibility index (Phi) is 4.86. The van der Waals surface area contributed by atoms with Crippen molar-refractivity contribution in [2.75, 3.05) is 13.7 Å². The molecular weight excluding hydrogens is 238 g/mol. The summed E-state index contributed by atoms with van der Waals surface area (Å²) in [6.45, 7) is 3.30. The van der Waals surface area contributed by atoms with Crippen LogP contribution < -0.4 is 4.74 Å². The van der Waals surface area contributed by atoms with E-state index < -0.39 is 0 Å². The van der Waals surface area contributed by atoms with Crippen LogP contribution in [-0.4, -0.2) is 23.4 Å². The lowest BCUT2D eigenvalue weighted by Gasteiger charge is -2.05. The van der Waals surface area contributed by atoms with Crippen LogP contribution in [0.5, 0.6) is 5.75 Å². The molecule has 0 amide bonds. The first kappa shape index (κ1) is 13.9. The van der Waals surface area contributed by atoms with Gasteiger partial charge < -0.3 is 14.4 Å². The lowest BCUT2D eigenvalue weighted by molar-refractivity contribution is 0.280. The normalized spacial score (nSPS) is 11.1. The third-order valence-electron chi connectivity index (χ3n) is 3.53. The highest BCUT2D eigenvalue weighted by molar-refractivity contribution is 5.85. The summed E-state index contributed by atoms with van der Waals surface area (Å²) in [5.41, 5.74) is 2.61. The number of unbranched alkanes of at least 4 members (excludes halogenated alkanes) is 1. The molecule has 1 heterocycles. The molecule has 2 rings (SSSR count). The van der Waals surface area contributed by atoms with Gasteiger partial charge in [0.15, 0.2) is 0 Å². The van der Waals surface area contributed by atoms with E-state index in [-0.39, 0.29) is 6.61 Å². The van der Waals surface area contributed by atoms with E-state index in [0.717, 1.165) is 25.1 Å². The summed E-state index contributed by atoms with van der Waals surface area (Å²) >= 11 is 0. The second-order valence-corrected chi connectivity index (χ2v) is 4.91. The third-order valence-corrected chi connectivity index (χ3v) is 3.53. The molecule has 2 aromatic rings. The molecule has 0 fully saturated rings. The van der Waals surface area contributed by atoms with Crippen molar-refractivity contribution in [2.24, 2.45) is 0 Å². The van der Waals surface area contributed by atoms with Crippen LogP contribution in [-0.2, 0) is 13.0 Å². The number of aromatic nitrogens is 1. The molecule has 0 aliphatic rings. The quantitative estimate of drug-likeness (QED) is 0.829. The zero-order valence-electron chi connectivity index (χ0n) is 11.9. The number of rotatable bonds is 7. The van der Waals surface area contributed by atoms with E-state index in [1.165, 1.54) is 29.3 Å². The SMILES string of the molecule is CCCCc1cn(CCCO)c2cc(OC)ccc12. The third kappa shape index (κ3) is 3.10. The van der Waals surface area contributed by atoms with Crippen molar-refractivity contribution in [2.45, 2.75) is 39.2 Å². The first-order chi connectivity index (χ1) is 9.30. The molecule has 0 spiro atoms. The number of nitrogens with zero attached hydrogens (tertiary/aromatic N) is 1. The molecule has 1 aromatic heterocycles. The molecule has 104 valence electrons. The molecule has 0 saturated heterocycles. The monoisotopic (exact) mass is 261 g/mol. The lowest BCUT2D eigenvalue weighted by atomic mass is 10.1.